The van der Waals surface area contributed by atoms with Crippen molar-refractivity contribution >= 4 is 64.8 Å². The number of ether oxygens (including phenoxy) is 1. The summed E-state index contributed by atoms with van der Waals surface area (Å²) in [5, 5.41) is 13.1. The summed E-state index contributed by atoms with van der Waals surface area (Å²) in [6.45, 7) is 0.0790. The number of H-pyrrole nitrogens is 1. The second-order valence-corrected chi connectivity index (χ2v) is 8.26. The maximum absolute atomic E-state index is 6.24. The largest absolute Gasteiger partial charge is 0.484 e. The number of hydrogen-bond donors (Lipinski definition) is 1. The Morgan fingerprint density at radius 1 is 1.03 bits per heavy atom. The van der Waals surface area contributed by atoms with E-state index in [1.807, 2.05) is 0 Å². The fourth-order valence-corrected chi connectivity index (χ4v) is 3.81. The fraction of sp³-hybridized carbons (Fsp3) is 0.0500. The number of rotatable bonds is 6. The molecule has 11 heteroatoms. The normalized spacial score (nSPS) is 11.4. The van der Waals surface area contributed by atoms with Crippen molar-refractivity contribution in [3.05, 3.63) is 85.0 Å². The van der Waals surface area contributed by atoms with Crippen LogP contribution < -0.4 is 4.74 Å². The smallest absolute Gasteiger partial charge is 0.216 e. The minimum atomic E-state index is 0.0790. The predicted octanol–water partition coefficient (Wildman–Crippen LogP) is 7.28. The van der Waals surface area contributed by atoms with E-state index in [2.05, 4.69) is 15.3 Å². The minimum Gasteiger partial charge on any atom is -0.484 e. The third-order valence-corrected chi connectivity index (χ3v) is 5.43. The Kier molecular flexibility index (Phi) is 6.69. The molecule has 2 aromatic heterocycles. The van der Waals surface area contributed by atoms with E-state index in [-0.39, 0.29) is 6.61 Å². The molecule has 0 aliphatic carbocycles. The topological polar surface area (TPSA) is 68.3 Å². The van der Waals surface area contributed by atoms with Gasteiger partial charge in [-0.3, -0.25) is 0 Å². The van der Waals surface area contributed by atoms with Crippen LogP contribution in [0, 0.1) is 4.77 Å². The first kappa shape index (κ1) is 21.9. The van der Waals surface area contributed by atoms with Crippen LogP contribution in [0.2, 0.25) is 20.1 Å². The molecule has 1 N–H and O–H groups in total. The lowest BCUT2D eigenvalue weighted by Crippen LogP contribution is -2.04. The molecule has 4 aromatic rings. The highest BCUT2D eigenvalue weighted by atomic mass is 35.5. The van der Waals surface area contributed by atoms with Gasteiger partial charge in [0.05, 0.1) is 16.3 Å². The second-order valence-electron chi connectivity index (χ2n) is 6.19. The molecule has 0 spiro atoms. The molecule has 2 heterocycles. The molecule has 0 radical (unpaired) electrons. The molecule has 31 heavy (non-hydrogen) atoms. The van der Waals surface area contributed by atoms with Gasteiger partial charge in [-0.1, -0.05) is 46.4 Å². The fourth-order valence-electron chi connectivity index (χ4n) is 2.64. The van der Waals surface area contributed by atoms with Crippen molar-refractivity contribution in [3.8, 4) is 17.1 Å². The highest BCUT2D eigenvalue weighted by Crippen LogP contribution is 2.31. The van der Waals surface area contributed by atoms with Crippen molar-refractivity contribution in [1.29, 1.82) is 0 Å². The molecule has 0 atom stereocenters. The van der Waals surface area contributed by atoms with E-state index in [1.54, 1.807) is 48.5 Å². The highest BCUT2D eigenvalue weighted by molar-refractivity contribution is 7.71. The number of furan rings is 1. The molecule has 0 amide bonds. The first-order valence-corrected chi connectivity index (χ1v) is 10.7. The molecular weight excluding hydrogens is 502 g/mol. The first-order chi connectivity index (χ1) is 14.9. The Balaban J connectivity index is 1.52. The van der Waals surface area contributed by atoms with Gasteiger partial charge in [0.2, 0.25) is 4.77 Å². The van der Waals surface area contributed by atoms with Crippen LogP contribution in [0.25, 0.3) is 11.3 Å². The van der Waals surface area contributed by atoms with Crippen molar-refractivity contribution in [1.82, 2.24) is 14.9 Å². The molecule has 0 bridgehead atoms. The minimum absolute atomic E-state index is 0.0790. The Morgan fingerprint density at radius 2 is 1.77 bits per heavy atom. The lowest BCUT2D eigenvalue weighted by Gasteiger charge is -2.07. The Bertz CT molecular complexity index is 1330. The number of benzene rings is 2. The van der Waals surface area contributed by atoms with Crippen molar-refractivity contribution < 1.29 is 9.15 Å². The van der Waals surface area contributed by atoms with Gasteiger partial charge in [0.1, 0.15) is 23.9 Å². The predicted molar refractivity (Wildman–Crippen MR) is 125 cm³/mol. The number of aromatic nitrogens is 3. The van der Waals surface area contributed by atoms with Crippen molar-refractivity contribution in [2.24, 2.45) is 5.10 Å². The number of nitrogens with one attached hydrogen (secondary N) is 1. The monoisotopic (exact) mass is 512 g/mol. The van der Waals surface area contributed by atoms with Crippen LogP contribution in [0.1, 0.15) is 11.6 Å². The van der Waals surface area contributed by atoms with Gasteiger partial charge >= 0.3 is 0 Å². The number of aromatic amines is 1. The summed E-state index contributed by atoms with van der Waals surface area (Å²) in [5.74, 6) is 1.99. The van der Waals surface area contributed by atoms with Crippen molar-refractivity contribution in [3.63, 3.8) is 0 Å². The van der Waals surface area contributed by atoms with Crippen LogP contribution in [-0.4, -0.2) is 21.1 Å². The quantitative estimate of drug-likeness (QED) is 0.217. The van der Waals surface area contributed by atoms with Gasteiger partial charge in [-0.25, -0.2) is 5.10 Å². The van der Waals surface area contributed by atoms with E-state index in [0.29, 0.717) is 48.0 Å². The van der Waals surface area contributed by atoms with Gasteiger partial charge in [-0.2, -0.15) is 14.9 Å². The number of halogens is 4. The Hall–Kier alpha value is -2.29. The molecule has 0 saturated heterocycles. The van der Waals surface area contributed by atoms with E-state index < -0.39 is 0 Å². The highest BCUT2D eigenvalue weighted by Gasteiger charge is 2.11. The van der Waals surface area contributed by atoms with E-state index in [4.69, 9.17) is 67.8 Å². The summed E-state index contributed by atoms with van der Waals surface area (Å²) in [6, 6.07) is 13.7. The summed E-state index contributed by atoms with van der Waals surface area (Å²) in [5.41, 5.74) is 0.722. The lowest BCUT2D eigenvalue weighted by molar-refractivity contribution is 0.291. The average Bonchev–Trinajstić information content (AvgIpc) is 3.32. The molecule has 4 rings (SSSR count). The molecule has 2 aromatic carbocycles. The SMILES string of the molecule is S=c1[nH]nc(COc2ccc(Cl)cc2Cl)n1/N=C/c1ccc(-c2ccc(Cl)cc2Cl)o1. The summed E-state index contributed by atoms with van der Waals surface area (Å²) in [6.07, 6.45) is 1.51. The second kappa shape index (κ2) is 9.46. The van der Waals surface area contributed by atoms with Crippen LogP contribution in [0.3, 0.4) is 0 Å². The van der Waals surface area contributed by atoms with Gasteiger partial charge in [0.15, 0.2) is 5.82 Å². The third-order valence-electron chi connectivity index (χ3n) is 4.09. The maximum atomic E-state index is 6.24. The van der Waals surface area contributed by atoms with Crippen LogP contribution in [-0.2, 0) is 6.61 Å². The van der Waals surface area contributed by atoms with Crippen LogP contribution in [0.4, 0.5) is 0 Å². The molecule has 0 unspecified atom stereocenters. The van der Waals surface area contributed by atoms with Crippen molar-refractivity contribution in [2.45, 2.75) is 6.61 Å². The molecule has 0 aliphatic rings. The van der Waals surface area contributed by atoms with E-state index in [1.165, 1.54) is 10.9 Å². The average molecular weight is 514 g/mol. The standard InChI is InChI=1S/C20H12Cl4N4O2S/c21-11-1-4-14(15(23)7-11)17-6-3-13(30-17)9-25-28-19(26-27-20(28)31)10-29-18-5-2-12(22)8-16(18)24/h1-9H,10H2,(H,27,31)/b25-9+. The van der Waals surface area contributed by atoms with Crippen molar-refractivity contribution in [2.75, 3.05) is 0 Å². The zero-order valence-electron chi connectivity index (χ0n) is 15.5. The zero-order valence-corrected chi connectivity index (χ0v) is 19.3. The molecule has 158 valence electrons. The molecule has 0 saturated carbocycles. The maximum Gasteiger partial charge on any atom is 0.216 e. The van der Waals surface area contributed by atoms with Gasteiger partial charge in [-0.15, -0.1) is 0 Å². The zero-order chi connectivity index (χ0) is 22.0. The van der Waals surface area contributed by atoms with Crippen LogP contribution in [0.15, 0.2) is 58.0 Å². The molecule has 0 aliphatic heterocycles. The van der Waals surface area contributed by atoms with Gasteiger partial charge in [0, 0.05) is 15.6 Å². The lowest BCUT2D eigenvalue weighted by atomic mass is 10.2. The van der Waals surface area contributed by atoms with E-state index in [9.17, 15) is 0 Å². The van der Waals surface area contributed by atoms with Gasteiger partial charge < -0.3 is 9.15 Å². The third kappa shape index (κ3) is 5.14. The van der Waals surface area contributed by atoms with Crippen LogP contribution >= 0.6 is 58.6 Å². The Labute approximate surface area is 202 Å². The van der Waals surface area contributed by atoms with Gasteiger partial charge in [0.25, 0.3) is 0 Å². The number of hydrogen-bond acceptors (Lipinski definition) is 5. The molecule has 6 nitrogen and oxygen atoms in total. The van der Waals surface area contributed by atoms with E-state index >= 15 is 0 Å². The first-order valence-electron chi connectivity index (χ1n) is 8.74. The van der Waals surface area contributed by atoms with E-state index in [0.717, 1.165) is 5.56 Å². The molecular formula is C20H12Cl4N4O2S. The van der Waals surface area contributed by atoms with Gasteiger partial charge in [-0.05, 0) is 60.7 Å². The van der Waals surface area contributed by atoms with Crippen LogP contribution in [0.5, 0.6) is 5.75 Å². The summed E-state index contributed by atoms with van der Waals surface area (Å²) in [7, 11) is 0. The summed E-state index contributed by atoms with van der Waals surface area (Å²) >= 11 is 29.5. The summed E-state index contributed by atoms with van der Waals surface area (Å²) < 4.78 is 13.2. The number of nitrogens with zero attached hydrogens (tertiary/aromatic N) is 3. The Morgan fingerprint density at radius 3 is 2.52 bits per heavy atom. The summed E-state index contributed by atoms with van der Waals surface area (Å²) in [4.78, 5) is 0. The molecule has 0 fully saturated rings.